The molecule has 0 aliphatic heterocycles. The minimum absolute atomic E-state index is 0.117. The predicted molar refractivity (Wildman–Crippen MR) is 271 cm³/mol. The molecule has 1 amide bonds. The number of hydrogen-bond acceptors (Lipinski definition) is 3. The summed E-state index contributed by atoms with van der Waals surface area (Å²) in [6, 6.07) is -0.675. The topological polar surface area (TPSA) is 69.6 Å². The fourth-order valence-electron chi connectivity index (χ4n) is 6.32. The van der Waals surface area contributed by atoms with Gasteiger partial charge in [-0.05, 0) is 116 Å². The van der Waals surface area contributed by atoms with Crippen LogP contribution in [0.15, 0.2) is 146 Å². The lowest BCUT2D eigenvalue weighted by Crippen LogP contribution is -2.45. The molecule has 0 rings (SSSR count). The van der Waals surface area contributed by atoms with Gasteiger partial charge in [-0.1, -0.05) is 211 Å². The Hall–Kier alpha value is -3.73. The molecule has 2 unspecified atom stereocenters. The number of hydrogen-bond donors (Lipinski definition) is 3. The molecule has 0 aliphatic carbocycles. The summed E-state index contributed by atoms with van der Waals surface area (Å²) in [6.45, 7) is 4.14. The molecular weight excluding hydrogens is 747 g/mol. The van der Waals surface area contributed by atoms with Gasteiger partial charge in [-0.3, -0.25) is 4.79 Å². The molecule has 0 fully saturated rings. The standard InChI is InChI=1S/C57H91NO3/c1-3-5-7-9-11-13-15-17-19-21-23-24-25-26-27-28-29-30-31-32-33-34-35-37-39-41-43-45-47-49-51-53-57(61)58-55(54-59)56(60)52-50-48-46-44-42-40-38-36-22-20-18-16-14-12-10-8-6-4-2/h5,7,11,13,17,19,22-24,26-27,29-30,32-33,35-37,41-44,50,52,55-56,59-60H,3-4,6,8-10,12,14-16,18,20-21,25,28,31,34,38-40,45-49,51,53-54H2,1-2H3,(H,58,61)/b7-5-,13-11-,19-17-,24-23-,27-26-,30-29-,33-32-,36-22+,37-35-,43-41-,44-42+,52-50+. The van der Waals surface area contributed by atoms with Crippen LogP contribution >= 0.6 is 0 Å². The predicted octanol–water partition coefficient (Wildman–Crippen LogP) is 16.1. The van der Waals surface area contributed by atoms with Crippen molar-refractivity contribution in [3.8, 4) is 0 Å². The van der Waals surface area contributed by atoms with Gasteiger partial charge in [-0.15, -0.1) is 0 Å². The van der Waals surface area contributed by atoms with Crippen LogP contribution in [0.25, 0.3) is 0 Å². The SMILES string of the molecule is CC/C=C\C/C=C\C/C=C\C/C=C\C/C=C\C/C=C\C/C=C\C/C=C\C/C=C\CCCCCC(=O)NC(CO)C(O)/C=C/CC/C=C/CC/C=C/CCCCCCCCCC. The molecule has 0 saturated heterocycles. The van der Waals surface area contributed by atoms with E-state index in [4.69, 9.17) is 0 Å². The largest absolute Gasteiger partial charge is 0.394 e. The Bertz CT molecular complexity index is 1320. The Kier molecular flexibility index (Phi) is 47.5. The minimum atomic E-state index is -0.896. The highest BCUT2D eigenvalue weighted by Gasteiger charge is 2.17. The molecule has 4 nitrogen and oxygen atoms in total. The van der Waals surface area contributed by atoms with Crippen LogP contribution in [-0.2, 0) is 4.79 Å². The quantitative estimate of drug-likeness (QED) is 0.0424. The normalized spacial score (nSPS) is 14.2. The summed E-state index contributed by atoms with van der Waals surface area (Å²) in [5.41, 5.74) is 0. The number of carbonyl (C=O) groups excluding carboxylic acids is 1. The average Bonchev–Trinajstić information content (AvgIpc) is 3.26. The van der Waals surface area contributed by atoms with Crippen molar-refractivity contribution in [3.63, 3.8) is 0 Å². The second-order valence-corrected chi connectivity index (χ2v) is 15.8. The third kappa shape index (κ3) is 47.2. The Labute approximate surface area is 376 Å². The Morgan fingerprint density at radius 2 is 0.738 bits per heavy atom. The number of carbonyl (C=O) groups is 1. The van der Waals surface area contributed by atoms with Crippen LogP contribution in [0.2, 0.25) is 0 Å². The van der Waals surface area contributed by atoms with E-state index in [1.165, 1.54) is 57.8 Å². The zero-order chi connectivity index (χ0) is 44.2. The van der Waals surface area contributed by atoms with Crippen molar-refractivity contribution >= 4 is 5.91 Å². The first-order valence-corrected chi connectivity index (χ1v) is 24.5. The van der Waals surface area contributed by atoms with Crippen LogP contribution in [0, 0.1) is 0 Å². The van der Waals surface area contributed by atoms with E-state index >= 15 is 0 Å². The molecule has 0 aromatic carbocycles. The minimum Gasteiger partial charge on any atom is -0.394 e. The van der Waals surface area contributed by atoms with Gasteiger partial charge in [-0.2, -0.15) is 0 Å². The summed E-state index contributed by atoms with van der Waals surface area (Å²) in [4.78, 5) is 12.4. The number of nitrogens with one attached hydrogen (secondary N) is 1. The van der Waals surface area contributed by atoms with Gasteiger partial charge in [0.15, 0.2) is 0 Å². The first-order chi connectivity index (χ1) is 30.2. The van der Waals surface area contributed by atoms with Crippen molar-refractivity contribution in [1.29, 1.82) is 0 Å². The van der Waals surface area contributed by atoms with Crippen molar-refractivity contribution in [2.45, 2.75) is 199 Å². The number of aliphatic hydroxyl groups excluding tert-OH is 2. The summed E-state index contributed by atoms with van der Waals surface area (Å²) in [5.74, 6) is -0.117. The molecule has 61 heavy (non-hydrogen) atoms. The van der Waals surface area contributed by atoms with Crippen molar-refractivity contribution < 1.29 is 15.0 Å². The zero-order valence-corrected chi connectivity index (χ0v) is 39.1. The smallest absolute Gasteiger partial charge is 0.220 e. The highest BCUT2D eigenvalue weighted by molar-refractivity contribution is 5.76. The molecule has 2 atom stereocenters. The molecule has 0 bridgehead atoms. The first-order valence-electron chi connectivity index (χ1n) is 24.5. The van der Waals surface area contributed by atoms with Gasteiger partial charge in [0.2, 0.25) is 5.91 Å². The number of unbranched alkanes of at least 4 members (excludes halogenated alkanes) is 13. The number of amides is 1. The van der Waals surface area contributed by atoms with Gasteiger partial charge in [-0.25, -0.2) is 0 Å². The molecule has 0 aromatic rings. The summed E-state index contributed by atoms with van der Waals surface area (Å²) < 4.78 is 0. The molecule has 0 spiro atoms. The van der Waals surface area contributed by atoms with Crippen LogP contribution < -0.4 is 5.32 Å². The van der Waals surface area contributed by atoms with E-state index in [0.717, 1.165) is 109 Å². The lowest BCUT2D eigenvalue weighted by atomic mass is 10.1. The van der Waals surface area contributed by atoms with E-state index < -0.39 is 12.1 Å². The number of rotatable bonds is 42. The van der Waals surface area contributed by atoms with Crippen LogP contribution in [0.5, 0.6) is 0 Å². The van der Waals surface area contributed by atoms with E-state index in [-0.39, 0.29) is 12.5 Å². The maximum Gasteiger partial charge on any atom is 0.220 e. The van der Waals surface area contributed by atoms with Crippen LogP contribution in [0.1, 0.15) is 187 Å². The average molecular weight is 838 g/mol. The molecule has 4 heteroatoms. The summed E-state index contributed by atoms with van der Waals surface area (Å²) in [5, 5.41) is 23.0. The fourth-order valence-corrected chi connectivity index (χ4v) is 6.32. The summed E-state index contributed by atoms with van der Waals surface area (Å²) in [6.07, 6.45) is 81.1. The summed E-state index contributed by atoms with van der Waals surface area (Å²) in [7, 11) is 0. The Balaban J connectivity index is 3.79. The molecule has 0 aliphatic rings. The fraction of sp³-hybridized carbons (Fsp3) is 0.561. The van der Waals surface area contributed by atoms with Gasteiger partial charge in [0.25, 0.3) is 0 Å². The second-order valence-electron chi connectivity index (χ2n) is 15.8. The van der Waals surface area contributed by atoms with E-state index in [0.29, 0.717) is 6.42 Å². The monoisotopic (exact) mass is 838 g/mol. The number of allylic oxidation sites excluding steroid dienone is 23. The van der Waals surface area contributed by atoms with E-state index in [1.54, 1.807) is 6.08 Å². The van der Waals surface area contributed by atoms with E-state index in [1.807, 2.05) is 6.08 Å². The Morgan fingerprint density at radius 3 is 1.15 bits per heavy atom. The van der Waals surface area contributed by atoms with E-state index in [2.05, 4.69) is 153 Å². The molecule has 0 aromatic heterocycles. The van der Waals surface area contributed by atoms with Gasteiger partial charge < -0.3 is 15.5 Å². The second kappa shape index (κ2) is 50.6. The van der Waals surface area contributed by atoms with Crippen LogP contribution in [0.4, 0.5) is 0 Å². The maximum atomic E-state index is 12.4. The van der Waals surface area contributed by atoms with E-state index in [9.17, 15) is 15.0 Å². The maximum absolute atomic E-state index is 12.4. The first kappa shape index (κ1) is 57.3. The van der Waals surface area contributed by atoms with Crippen molar-refractivity contribution in [2.24, 2.45) is 0 Å². The van der Waals surface area contributed by atoms with Gasteiger partial charge >= 0.3 is 0 Å². The Morgan fingerprint density at radius 1 is 0.410 bits per heavy atom. The highest BCUT2D eigenvalue weighted by Crippen LogP contribution is 2.11. The highest BCUT2D eigenvalue weighted by atomic mass is 16.3. The molecule has 342 valence electrons. The summed E-state index contributed by atoms with van der Waals surface area (Å²) >= 11 is 0. The zero-order valence-electron chi connectivity index (χ0n) is 39.1. The molecule has 0 heterocycles. The third-order valence-corrected chi connectivity index (χ3v) is 10.0. The third-order valence-electron chi connectivity index (χ3n) is 10.0. The lowest BCUT2D eigenvalue weighted by Gasteiger charge is -2.19. The van der Waals surface area contributed by atoms with Crippen LogP contribution in [0.3, 0.4) is 0 Å². The van der Waals surface area contributed by atoms with Gasteiger partial charge in [0.1, 0.15) is 0 Å². The molecule has 0 saturated carbocycles. The van der Waals surface area contributed by atoms with Crippen molar-refractivity contribution in [2.75, 3.05) is 6.61 Å². The molecular formula is C57H91NO3. The van der Waals surface area contributed by atoms with Crippen molar-refractivity contribution in [1.82, 2.24) is 5.32 Å². The van der Waals surface area contributed by atoms with Gasteiger partial charge in [0, 0.05) is 6.42 Å². The van der Waals surface area contributed by atoms with Gasteiger partial charge in [0.05, 0.1) is 18.8 Å². The number of aliphatic hydroxyl groups is 2. The lowest BCUT2D eigenvalue weighted by molar-refractivity contribution is -0.123. The van der Waals surface area contributed by atoms with Crippen LogP contribution in [-0.4, -0.2) is 34.9 Å². The van der Waals surface area contributed by atoms with Crippen molar-refractivity contribution in [3.05, 3.63) is 146 Å². The molecule has 0 radical (unpaired) electrons. The molecule has 3 N–H and O–H groups in total.